The average molecular weight is 368 g/mol. The molecule has 4 fully saturated rings. The molecule has 2 bridgehead atoms. The van der Waals surface area contributed by atoms with Crippen LogP contribution in [-0.4, -0.2) is 53.2 Å². The molecular weight excluding hydrogens is 348 g/mol. The summed E-state index contributed by atoms with van der Waals surface area (Å²) in [5, 5.41) is 9.16. The number of imide groups is 2. The Bertz CT molecular complexity index is 868. The first-order chi connectivity index (χ1) is 13.0. The second-order valence-corrected chi connectivity index (χ2v) is 7.70. The molecule has 4 unspecified atom stereocenters. The monoisotopic (exact) mass is 368 g/mol. The summed E-state index contributed by atoms with van der Waals surface area (Å²) < 4.78 is 0. The van der Waals surface area contributed by atoms with Gasteiger partial charge in [0.05, 0.1) is 11.1 Å². The molecule has 8 heteroatoms. The molecule has 5 aliphatic rings. The molecule has 1 aromatic rings. The molecule has 0 spiro atoms. The number of hydrogen-bond donors (Lipinski definition) is 3. The van der Waals surface area contributed by atoms with E-state index in [1.54, 1.807) is 12.1 Å². The smallest absolute Gasteiger partial charge is 0.262 e. The first-order valence-corrected chi connectivity index (χ1v) is 9.35. The van der Waals surface area contributed by atoms with Gasteiger partial charge >= 0.3 is 0 Å². The van der Waals surface area contributed by atoms with Crippen LogP contribution in [0.5, 0.6) is 0 Å². The van der Waals surface area contributed by atoms with Crippen molar-refractivity contribution in [2.45, 2.75) is 43.9 Å². The quantitative estimate of drug-likeness (QED) is 0.621. The molecule has 0 aromatic heterocycles. The van der Waals surface area contributed by atoms with Gasteiger partial charge in [0.2, 0.25) is 11.8 Å². The van der Waals surface area contributed by atoms with Crippen molar-refractivity contribution in [3.8, 4) is 0 Å². The van der Waals surface area contributed by atoms with E-state index in [1.165, 1.54) is 6.42 Å². The molecule has 1 aromatic carbocycles. The standard InChI is InChI=1S/C19H20N4O4/c24-14-5-4-13(17(25)22-14)23-18(26)11-3-1-2-9(15(11)19(23)27)7-21-16-10-6-12(16)20-8-10/h1-3,10,12-13,16,20-21H,4-8H2,(H,22,24,25). The maximum absolute atomic E-state index is 13.0. The van der Waals surface area contributed by atoms with Gasteiger partial charge in [-0.2, -0.15) is 0 Å². The predicted octanol–water partition coefficient (Wildman–Crippen LogP) is -0.462. The highest BCUT2D eigenvalue weighted by Crippen LogP contribution is 2.35. The summed E-state index contributed by atoms with van der Waals surface area (Å²) in [5.74, 6) is -1.24. The SMILES string of the molecule is O=C1CCC(N2C(=O)c3cccc(CNC4C5CNC4C5)c3C2=O)C(=O)N1. The van der Waals surface area contributed by atoms with Crippen molar-refractivity contribution in [2.24, 2.45) is 5.92 Å². The van der Waals surface area contributed by atoms with Crippen LogP contribution in [0, 0.1) is 5.92 Å². The van der Waals surface area contributed by atoms with Gasteiger partial charge in [-0.3, -0.25) is 29.4 Å². The summed E-state index contributed by atoms with van der Waals surface area (Å²) in [4.78, 5) is 50.4. The lowest BCUT2D eigenvalue weighted by atomic mass is 9.80. The van der Waals surface area contributed by atoms with Crippen LogP contribution in [-0.2, 0) is 16.1 Å². The zero-order valence-corrected chi connectivity index (χ0v) is 14.7. The van der Waals surface area contributed by atoms with Crippen molar-refractivity contribution in [1.82, 2.24) is 20.9 Å². The van der Waals surface area contributed by atoms with Gasteiger partial charge in [0.1, 0.15) is 6.04 Å². The van der Waals surface area contributed by atoms with Crippen LogP contribution < -0.4 is 16.0 Å². The van der Waals surface area contributed by atoms with E-state index in [1.807, 2.05) is 6.07 Å². The predicted molar refractivity (Wildman–Crippen MR) is 93.6 cm³/mol. The van der Waals surface area contributed by atoms with E-state index >= 15 is 0 Å². The maximum Gasteiger partial charge on any atom is 0.262 e. The molecule has 3 saturated heterocycles. The Morgan fingerprint density at radius 1 is 1.15 bits per heavy atom. The Balaban J connectivity index is 1.39. The summed E-state index contributed by atoms with van der Waals surface area (Å²) in [6.45, 7) is 1.53. The molecule has 3 N–H and O–H groups in total. The van der Waals surface area contributed by atoms with E-state index in [0.29, 0.717) is 35.7 Å². The van der Waals surface area contributed by atoms with Gasteiger partial charge in [-0.05, 0) is 36.9 Å². The lowest BCUT2D eigenvalue weighted by molar-refractivity contribution is -0.136. The normalized spacial score (nSPS) is 31.8. The molecule has 27 heavy (non-hydrogen) atoms. The molecule has 0 radical (unpaired) electrons. The molecule has 8 nitrogen and oxygen atoms in total. The first kappa shape index (κ1) is 16.6. The van der Waals surface area contributed by atoms with Crippen LogP contribution in [0.15, 0.2) is 18.2 Å². The number of carbonyl (C=O) groups is 4. The van der Waals surface area contributed by atoms with Gasteiger partial charge in [-0.15, -0.1) is 0 Å². The lowest BCUT2D eigenvalue weighted by Gasteiger charge is -2.35. The topological polar surface area (TPSA) is 108 Å². The lowest BCUT2D eigenvalue weighted by Crippen LogP contribution is -2.54. The third-order valence-electron chi connectivity index (χ3n) is 6.22. The highest BCUT2D eigenvalue weighted by molar-refractivity contribution is 6.24. The number of piperidine rings is 1. The number of nitrogens with zero attached hydrogens (tertiary/aromatic N) is 1. The van der Waals surface area contributed by atoms with E-state index in [0.717, 1.165) is 17.0 Å². The molecule has 1 aliphatic carbocycles. The van der Waals surface area contributed by atoms with Crippen molar-refractivity contribution in [3.63, 3.8) is 0 Å². The average Bonchev–Trinajstić information content (AvgIpc) is 3.33. The van der Waals surface area contributed by atoms with Crippen molar-refractivity contribution >= 4 is 23.6 Å². The molecule has 140 valence electrons. The fourth-order valence-corrected chi connectivity index (χ4v) is 4.74. The number of fused-ring (bicyclic) bond motifs is 2. The molecule has 4 aliphatic heterocycles. The van der Waals surface area contributed by atoms with Gasteiger partial charge in [-0.1, -0.05) is 12.1 Å². The fraction of sp³-hybridized carbons (Fsp3) is 0.474. The van der Waals surface area contributed by atoms with Crippen LogP contribution in [0.2, 0.25) is 0 Å². The van der Waals surface area contributed by atoms with Crippen molar-refractivity contribution in [1.29, 1.82) is 0 Å². The minimum Gasteiger partial charge on any atom is -0.312 e. The summed E-state index contributed by atoms with van der Waals surface area (Å²) in [6.07, 6.45) is 1.47. The Morgan fingerprint density at radius 3 is 2.70 bits per heavy atom. The molecule has 6 rings (SSSR count). The summed E-state index contributed by atoms with van der Waals surface area (Å²) >= 11 is 0. The second kappa shape index (κ2) is 5.97. The van der Waals surface area contributed by atoms with E-state index < -0.39 is 23.8 Å². The largest absolute Gasteiger partial charge is 0.312 e. The number of benzene rings is 1. The number of carbonyl (C=O) groups excluding carboxylic acids is 4. The number of amides is 4. The Labute approximate surface area is 155 Å². The summed E-state index contributed by atoms with van der Waals surface area (Å²) in [7, 11) is 0. The van der Waals surface area contributed by atoms with Gasteiger partial charge in [0, 0.05) is 25.0 Å². The molecule has 4 atom stereocenters. The third kappa shape index (κ3) is 2.44. The van der Waals surface area contributed by atoms with E-state index in [4.69, 9.17) is 0 Å². The Morgan fingerprint density at radius 2 is 2.00 bits per heavy atom. The van der Waals surface area contributed by atoms with Gasteiger partial charge in [0.25, 0.3) is 11.8 Å². The minimum atomic E-state index is -0.928. The zero-order valence-electron chi connectivity index (χ0n) is 14.7. The van der Waals surface area contributed by atoms with Crippen LogP contribution >= 0.6 is 0 Å². The number of rotatable bonds is 4. The van der Waals surface area contributed by atoms with Crippen molar-refractivity contribution in [2.75, 3.05) is 6.54 Å². The maximum atomic E-state index is 13.0. The van der Waals surface area contributed by atoms with E-state index in [2.05, 4.69) is 16.0 Å². The molecule has 4 amide bonds. The molecule has 4 heterocycles. The summed E-state index contributed by atoms with van der Waals surface area (Å²) in [6, 6.07) is 5.20. The van der Waals surface area contributed by atoms with Crippen molar-refractivity contribution in [3.05, 3.63) is 34.9 Å². The van der Waals surface area contributed by atoms with Crippen molar-refractivity contribution < 1.29 is 19.2 Å². The van der Waals surface area contributed by atoms with E-state index in [-0.39, 0.29) is 18.7 Å². The van der Waals surface area contributed by atoms with Gasteiger partial charge in [-0.25, -0.2) is 0 Å². The highest BCUT2D eigenvalue weighted by Gasteiger charge is 2.47. The van der Waals surface area contributed by atoms with Crippen LogP contribution in [0.4, 0.5) is 0 Å². The van der Waals surface area contributed by atoms with E-state index in [9.17, 15) is 19.2 Å². The Hall–Kier alpha value is -2.58. The highest BCUT2D eigenvalue weighted by atomic mass is 16.2. The molecule has 1 saturated carbocycles. The fourth-order valence-electron chi connectivity index (χ4n) is 4.74. The number of nitrogens with one attached hydrogen (secondary N) is 3. The van der Waals surface area contributed by atoms with Crippen LogP contribution in [0.3, 0.4) is 0 Å². The van der Waals surface area contributed by atoms with Crippen LogP contribution in [0.25, 0.3) is 0 Å². The second-order valence-electron chi connectivity index (χ2n) is 7.70. The zero-order chi connectivity index (χ0) is 18.7. The van der Waals surface area contributed by atoms with Crippen LogP contribution in [0.1, 0.15) is 45.5 Å². The first-order valence-electron chi connectivity index (χ1n) is 9.35. The molecular formula is C19H20N4O4. The van der Waals surface area contributed by atoms with Gasteiger partial charge < -0.3 is 10.6 Å². The van der Waals surface area contributed by atoms with Gasteiger partial charge in [0.15, 0.2) is 0 Å². The minimum absolute atomic E-state index is 0.121. The summed E-state index contributed by atoms with van der Waals surface area (Å²) in [5.41, 5.74) is 1.48. The third-order valence-corrected chi connectivity index (χ3v) is 6.22. The number of hydrogen-bond acceptors (Lipinski definition) is 6. The Kier molecular flexibility index (Phi) is 3.66.